The van der Waals surface area contributed by atoms with Gasteiger partial charge in [-0.2, -0.15) is 5.10 Å². The number of aromatic nitrogens is 4. The van der Waals surface area contributed by atoms with Crippen LogP contribution in [0.15, 0.2) is 0 Å². The number of rotatable bonds is 4. The Morgan fingerprint density at radius 3 is 2.62 bits per heavy atom. The van der Waals surface area contributed by atoms with Gasteiger partial charge < -0.3 is 5.73 Å². The zero-order chi connectivity index (χ0) is 15.0. The highest BCUT2D eigenvalue weighted by Crippen LogP contribution is 2.38. The van der Waals surface area contributed by atoms with Crippen LogP contribution in [-0.2, 0) is 20.0 Å². The average molecular weight is 289 g/mol. The van der Waals surface area contributed by atoms with Crippen molar-refractivity contribution in [1.29, 1.82) is 0 Å². The summed E-state index contributed by atoms with van der Waals surface area (Å²) in [7, 11) is 2.00. The van der Waals surface area contributed by atoms with Crippen molar-refractivity contribution in [3.8, 4) is 0 Å². The normalized spacial score (nSPS) is 18.4. The Labute approximate surface area is 126 Å². The molecule has 5 heteroatoms. The summed E-state index contributed by atoms with van der Waals surface area (Å²) < 4.78 is 4.14. The first kappa shape index (κ1) is 14.4. The molecule has 1 fully saturated rings. The summed E-state index contributed by atoms with van der Waals surface area (Å²) >= 11 is 0. The monoisotopic (exact) mass is 289 g/mol. The smallest absolute Gasteiger partial charge is 0.202 e. The maximum absolute atomic E-state index is 6.22. The third kappa shape index (κ3) is 2.54. The molecule has 0 saturated heterocycles. The fourth-order valence-electron chi connectivity index (χ4n) is 3.76. The van der Waals surface area contributed by atoms with Gasteiger partial charge in [-0.15, -0.1) is 0 Å². The fourth-order valence-corrected chi connectivity index (χ4v) is 3.76. The van der Waals surface area contributed by atoms with Crippen LogP contribution in [-0.4, -0.2) is 19.3 Å². The summed E-state index contributed by atoms with van der Waals surface area (Å²) in [6.45, 7) is 5.52. The maximum Gasteiger partial charge on any atom is 0.202 e. The predicted molar refractivity (Wildman–Crippen MR) is 86.1 cm³/mol. The van der Waals surface area contributed by atoms with Crippen LogP contribution < -0.4 is 5.73 Å². The van der Waals surface area contributed by atoms with E-state index >= 15 is 0 Å². The summed E-state index contributed by atoms with van der Waals surface area (Å²) in [5, 5.41) is 4.63. The minimum absolute atomic E-state index is 0.342. The van der Waals surface area contributed by atoms with Crippen molar-refractivity contribution < 1.29 is 0 Å². The quantitative estimate of drug-likeness (QED) is 0.939. The van der Waals surface area contributed by atoms with Crippen molar-refractivity contribution in [3.63, 3.8) is 0 Å². The third-order valence-electron chi connectivity index (χ3n) is 4.91. The molecule has 5 nitrogen and oxygen atoms in total. The highest BCUT2D eigenvalue weighted by atomic mass is 15.3. The molecule has 2 aromatic rings. The van der Waals surface area contributed by atoms with Crippen molar-refractivity contribution in [3.05, 3.63) is 5.69 Å². The van der Waals surface area contributed by atoms with E-state index in [0.29, 0.717) is 11.4 Å². The van der Waals surface area contributed by atoms with Gasteiger partial charge in [0.1, 0.15) is 5.52 Å². The van der Waals surface area contributed by atoms with Gasteiger partial charge in [0.05, 0.1) is 5.69 Å². The van der Waals surface area contributed by atoms with Crippen molar-refractivity contribution in [2.45, 2.75) is 65.3 Å². The molecular weight excluding hydrogens is 262 g/mol. The number of hydrogen-bond donors (Lipinski definition) is 1. The van der Waals surface area contributed by atoms with Gasteiger partial charge in [0.25, 0.3) is 0 Å². The van der Waals surface area contributed by atoms with E-state index in [0.717, 1.165) is 36.2 Å². The van der Waals surface area contributed by atoms with Crippen LogP contribution in [0, 0.1) is 5.41 Å². The second kappa shape index (κ2) is 5.35. The number of hydrogen-bond acceptors (Lipinski definition) is 3. The summed E-state index contributed by atoms with van der Waals surface area (Å²) in [5.74, 6) is 0.641. The van der Waals surface area contributed by atoms with Crippen LogP contribution in [0.25, 0.3) is 11.2 Å². The van der Waals surface area contributed by atoms with Crippen molar-refractivity contribution in [2.24, 2.45) is 12.5 Å². The molecular formula is C16H27N5. The Kier molecular flexibility index (Phi) is 3.68. The number of aryl methyl sites for hydroxylation is 2. The van der Waals surface area contributed by atoms with E-state index in [1.165, 1.54) is 32.1 Å². The molecule has 0 spiro atoms. The minimum atomic E-state index is 0.342. The first-order valence-electron chi connectivity index (χ1n) is 8.22. The van der Waals surface area contributed by atoms with Crippen LogP contribution in [0.4, 0.5) is 5.95 Å². The molecule has 2 N–H and O–H groups in total. The van der Waals surface area contributed by atoms with Gasteiger partial charge in [0.15, 0.2) is 5.65 Å². The highest BCUT2D eigenvalue weighted by Gasteiger charge is 2.29. The number of nitrogens with zero attached hydrogens (tertiary/aromatic N) is 4. The molecule has 0 atom stereocenters. The van der Waals surface area contributed by atoms with Crippen molar-refractivity contribution >= 4 is 17.1 Å². The third-order valence-corrected chi connectivity index (χ3v) is 4.91. The zero-order valence-corrected chi connectivity index (χ0v) is 13.5. The van der Waals surface area contributed by atoms with E-state index in [1.807, 2.05) is 11.7 Å². The van der Waals surface area contributed by atoms with Gasteiger partial charge in [-0.05, 0) is 24.7 Å². The zero-order valence-electron chi connectivity index (χ0n) is 13.5. The van der Waals surface area contributed by atoms with Crippen LogP contribution >= 0.6 is 0 Å². The van der Waals surface area contributed by atoms with Gasteiger partial charge in [-0.3, -0.25) is 9.25 Å². The lowest BCUT2D eigenvalue weighted by Gasteiger charge is -2.34. The van der Waals surface area contributed by atoms with E-state index in [2.05, 4.69) is 28.5 Å². The van der Waals surface area contributed by atoms with E-state index in [-0.39, 0.29) is 0 Å². The standard InChI is InChI=1S/C16H27N5/c1-4-8-12-13-14(20(3)19-12)21(15(17)18-13)11-16(2)9-6-5-7-10-16/h4-11H2,1-3H3,(H2,17,18). The second-order valence-corrected chi connectivity index (χ2v) is 6.92. The molecule has 0 bridgehead atoms. The Morgan fingerprint density at radius 2 is 1.95 bits per heavy atom. The Morgan fingerprint density at radius 1 is 1.24 bits per heavy atom. The fraction of sp³-hybridized carbons (Fsp3) is 0.750. The van der Waals surface area contributed by atoms with Crippen molar-refractivity contribution in [1.82, 2.24) is 19.3 Å². The lowest BCUT2D eigenvalue weighted by Crippen LogP contribution is -2.27. The molecule has 0 unspecified atom stereocenters. The molecule has 116 valence electrons. The summed E-state index contributed by atoms with van der Waals surface area (Å²) in [4.78, 5) is 4.61. The van der Waals surface area contributed by atoms with Crippen LogP contribution in [0.2, 0.25) is 0 Å². The van der Waals surface area contributed by atoms with E-state index in [9.17, 15) is 0 Å². The van der Waals surface area contributed by atoms with Gasteiger partial charge >= 0.3 is 0 Å². The molecule has 1 aliphatic rings. The molecule has 1 aliphatic carbocycles. The Bertz CT molecular complexity index is 631. The second-order valence-electron chi connectivity index (χ2n) is 6.92. The SMILES string of the molecule is CCCc1nn(C)c2c1nc(N)n2CC1(C)CCCCC1. The molecule has 0 radical (unpaired) electrons. The number of fused-ring (bicyclic) bond motifs is 1. The summed E-state index contributed by atoms with van der Waals surface area (Å²) in [5.41, 5.74) is 9.72. The molecule has 2 aromatic heterocycles. The van der Waals surface area contributed by atoms with Gasteiger partial charge in [-0.25, -0.2) is 4.98 Å². The molecule has 3 rings (SSSR count). The largest absolute Gasteiger partial charge is 0.369 e. The molecule has 0 amide bonds. The maximum atomic E-state index is 6.22. The molecule has 0 aliphatic heterocycles. The van der Waals surface area contributed by atoms with Crippen LogP contribution in [0.5, 0.6) is 0 Å². The molecule has 1 saturated carbocycles. The number of nitrogens with two attached hydrogens (primary N) is 1. The van der Waals surface area contributed by atoms with Gasteiger partial charge in [0, 0.05) is 13.6 Å². The first-order chi connectivity index (χ1) is 10.0. The average Bonchev–Trinajstić information content (AvgIpc) is 2.90. The lowest BCUT2D eigenvalue weighted by molar-refractivity contribution is 0.185. The van der Waals surface area contributed by atoms with Gasteiger partial charge in [-0.1, -0.05) is 39.5 Å². The van der Waals surface area contributed by atoms with Crippen molar-refractivity contribution in [2.75, 3.05) is 5.73 Å². The topological polar surface area (TPSA) is 61.7 Å². The molecule has 0 aromatic carbocycles. The van der Waals surface area contributed by atoms with Crippen LogP contribution in [0.1, 0.15) is 58.1 Å². The summed E-state index contributed by atoms with van der Waals surface area (Å²) in [6, 6.07) is 0. The molecule has 2 heterocycles. The minimum Gasteiger partial charge on any atom is -0.369 e. The highest BCUT2D eigenvalue weighted by molar-refractivity contribution is 5.77. The van der Waals surface area contributed by atoms with E-state index in [1.54, 1.807) is 0 Å². The lowest BCUT2D eigenvalue weighted by atomic mass is 9.75. The molecule has 21 heavy (non-hydrogen) atoms. The Hall–Kier alpha value is -1.52. The first-order valence-corrected chi connectivity index (χ1v) is 8.22. The number of anilines is 1. The number of imidazole rings is 1. The van der Waals surface area contributed by atoms with E-state index < -0.39 is 0 Å². The van der Waals surface area contributed by atoms with Crippen LogP contribution in [0.3, 0.4) is 0 Å². The summed E-state index contributed by atoms with van der Waals surface area (Å²) in [6.07, 6.45) is 8.65. The van der Waals surface area contributed by atoms with Gasteiger partial charge in [0.2, 0.25) is 5.95 Å². The number of nitrogen functional groups attached to an aromatic ring is 1. The Balaban J connectivity index is 2.00. The predicted octanol–water partition coefficient (Wildman–Crippen LogP) is 3.27. The van der Waals surface area contributed by atoms with E-state index in [4.69, 9.17) is 5.73 Å².